The van der Waals surface area contributed by atoms with Crippen LogP contribution in [0.15, 0.2) is 48.5 Å². The third-order valence-corrected chi connectivity index (χ3v) is 7.66. The summed E-state index contributed by atoms with van der Waals surface area (Å²) in [6.07, 6.45) is 15.2. The molecule has 0 aliphatic rings. The molecule has 0 spiro atoms. The molecule has 1 aromatic heterocycles. The van der Waals surface area contributed by atoms with E-state index in [1.165, 1.54) is 75.5 Å². The van der Waals surface area contributed by atoms with Crippen LogP contribution in [0.5, 0.6) is 11.5 Å². The van der Waals surface area contributed by atoms with Gasteiger partial charge in [0.05, 0.1) is 18.9 Å². The summed E-state index contributed by atoms with van der Waals surface area (Å²) in [4.78, 5) is 5.56. The van der Waals surface area contributed by atoms with E-state index in [0.717, 1.165) is 64.3 Å². The van der Waals surface area contributed by atoms with Crippen LogP contribution in [-0.2, 0) is 0 Å². The average molecular weight is 556 g/mol. The van der Waals surface area contributed by atoms with E-state index in [0.29, 0.717) is 0 Å². The molecule has 212 valence electrons. The maximum atomic E-state index is 5.88. The van der Waals surface area contributed by atoms with Crippen molar-refractivity contribution in [2.75, 3.05) is 13.2 Å². The van der Waals surface area contributed by atoms with Gasteiger partial charge >= 0.3 is 0 Å². The van der Waals surface area contributed by atoms with Crippen molar-refractivity contribution >= 4 is 11.3 Å². The number of unbranched alkanes of at least 4 members (excludes halogenated alkanes) is 10. The van der Waals surface area contributed by atoms with Crippen LogP contribution >= 0.6 is 11.3 Å². The summed E-state index contributed by atoms with van der Waals surface area (Å²) in [6.45, 7) is 8.03. The number of thiazole rings is 1. The molecule has 0 atom stereocenters. The molecule has 0 unspecified atom stereocenters. The van der Waals surface area contributed by atoms with Crippen LogP contribution in [0.2, 0.25) is 0 Å². The van der Waals surface area contributed by atoms with Crippen LogP contribution in [0.1, 0.15) is 118 Å². The largest absolute Gasteiger partial charge is 0.494 e. The van der Waals surface area contributed by atoms with Crippen LogP contribution in [-0.4, -0.2) is 18.2 Å². The van der Waals surface area contributed by atoms with Crippen molar-refractivity contribution in [2.45, 2.75) is 97.8 Å². The Kier molecular flexibility index (Phi) is 14.9. The number of aromatic nitrogens is 1. The molecule has 3 aromatic rings. The van der Waals surface area contributed by atoms with Crippen LogP contribution in [0, 0.1) is 30.6 Å². The molecule has 0 fully saturated rings. The van der Waals surface area contributed by atoms with E-state index in [-0.39, 0.29) is 0 Å². The molecule has 3 nitrogen and oxygen atoms in total. The minimum atomic E-state index is 0.774. The minimum absolute atomic E-state index is 0.774. The van der Waals surface area contributed by atoms with Gasteiger partial charge < -0.3 is 9.47 Å². The van der Waals surface area contributed by atoms with Crippen molar-refractivity contribution in [2.24, 2.45) is 0 Å². The van der Waals surface area contributed by atoms with E-state index in [9.17, 15) is 0 Å². The summed E-state index contributed by atoms with van der Waals surface area (Å²) in [7, 11) is 0. The Hall–Kier alpha value is -3.21. The van der Waals surface area contributed by atoms with E-state index < -0.39 is 0 Å². The number of ether oxygens (including phenoxy) is 2. The van der Waals surface area contributed by atoms with Crippen LogP contribution in [0.25, 0.3) is 0 Å². The first kappa shape index (κ1) is 31.3. The van der Waals surface area contributed by atoms with Gasteiger partial charge in [-0.1, -0.05) is 101 Å². The van der Waals surface area contributed by atoms with Gasteiger partial charge in [-0.25, -0.2) is 4.98 Å². The van der Waals surface area contributed by atoms with Gasteiger partial charge in [-0.15, -0.1) is 0 Å². The third-order valence-electron chi connectivity index (χ3n) is 6.67. The molecular formula is C36H45NO2S. The zero-order valence-corrected chi connectivity index (χ0v) is 25.5. The number of hydrogen-bond acceptors (Lipinski definition) is 4. The Morgan fingerprint density at radius 1 is 0.575 bits per heavy atom. The van der Waals surface area contributed by atoms with Crippen LogP contribution in [0.4, 0.5) is 0 Å². The van der Waals surface area contributed by atoms with Crippen LogP contribution in [0.3, 0.4) is 0 Å². The second kappa shape index (κ2) is 19.0. The third kappa shape index (κ3) is 12.3. The van der Waals surface area contributed by atoms with Gasteiger partial charge in [0.15, 0.2) is 5.01 Å². The molecule has 0 bridgehead atoms. The topological polar surface area (TPSA) is 31.4 Å². The molecular weight excluding hydrogens is 510 g/mol. The lowest BCUT2D eigenvalue weighted by Gasteiger charge is -2.06. The summed E-state index contributed by atoms with van der Waals surface area (Å²) in [5, 5.41) is 0.781. The van der Waals surface area contributed by atoms with Gasteiger partial charge in [0, 0.05) is 11.1 Å². The number of rotatable bonds is 16. The summed E-state index contributed by atoms with van der Waals surface area (Å²) in [6, 6.07) is 16.0. The Morgan fingerprint density at radius 3 is 1.52 bits per heavy atom. The molecule has 2 aromatic carbocycles. The summed E-state index contributed by atoms with van der Waals surface area (Å²) >= 11 is 1.54. The number of hydrogen-bond donors (Lipinski definition) is 0. The molecule has 1 heterocycles. The fourth-order valence-corrected chi connectivity index (χ4v) is 5.01. The zero-order chi connectivity index (χ0) is 28.3. The monoisotopic (exact) mass is 555 g/mol. The molecule has 0 N–H and O–H groups in total. The first-order valence-corrected chi connectivity index (χ1v) is 16.0. The van der Waals surface area contributed by atoms with E-state index >= 15 is 0 Å². The second-order valence-corrected chi connectivity index (χ2v) is 11.2. The van der Waals surface area contributed by atoms with Gasteiger partial charge in [0.2, 0.25) is 0 Å². The van der Waals surface area contributed by atoms with E-state index in [1.807, 2.05) is 55.5 Å². The zero-order valence-electron chi connectivity index (χ0n) is 24.7. The molecule has 3 rings (SSSR count). The smallest absolute Gasteiger partial charge is 0.168 e. The molecule has 0 aliphatic heterocycles. The molecule has 0 aliphatic carbocycles. The minimum Gasteiger partial charge on any atom is -0.494 e. The molecule has 0 amide bonds. The maximum absolute atomic E-state index is 5.88. The average Bonchev–Trinajstić information content (AvgIpc) is 3.34. The SMILES string of the molecule is CCCCCCCCOc1ccc(C#Cc2nc(C)c(C#Cc3ccc(OCCCCCCCC)cc3)s2)cc1. The molecule has 0 radical (unpaired) electrons. The lowest BCUT2D eigenvalue weighted by atomic mass is 10.1. The highest BCUT2D eigenvalue weighted by Crippen LogP contribution is 2.18. The Morgan fingerprint density at radius 2 is 1.02 bits per heavy atom. The Labute approximate surface area is 246 Å². The van der Waals surface area contributed by atoms with E-state index in [2.05, 4.69) is 42.5 Å². The second-order valence-electron chi connectivity index (χ2n) is 10.2. The van der Waals surface area contributed by atoms with Gasteiger partial charge in [-0.3, -0.25) is 0 Å². The molecule has 4 heteroatoms. The van der Waals surface area contributed by atoms with Crippen LogP contribution < -0.4 is 9.47 Å². The number of nitrogens with zero attached hydrogens (tertiary/aromatic N) is 1. The van der Waals surface area contributed by atoms with Crippen molar-refractivity contribution in [3.05, 3.63) is 75.2 Å². The number of benzene rings is 2. The summed E-state index contributed by atoms with van der Waals surface area (Å²) < 4.78 is 11.8. The normalized spacial score (nSPS) is 10.4. The molecule has 0 saturated carbocycles. The molecule has 40 heavy (non-hydrogen) atoms. The summed E-state index contributed by atoms with van der Waals surface area (Å²) in [5.74, 6) is 14.7. The predicted octanol–water partition coefficient (Wildman–Crippen LogP) is 9.73. The van der Waals surface area contributed by atoms with Crippen molar-refractivity contribution in [3.8, 4) is 35.2 Å². The highest BCUT2D eigenvalue weighted by Gasteiger charge is 2.03. The highest BCUT2D eigenvalue weighted by molar-refractivity contribution is 7.12. The Bertz CT molecular complexity index is 1240. The van der Waals surface area contributed by atoms with E-state index in [4.69, 9.17) is 9.47 Å². The van der Waals surface area contributed by atoms with Crippen molar-refractivity contribution in [1.82, 2.24) is 4.98 Å². The highest BCUT2D eigenvalue weighted by atomic mass is 32.1. The standard InChI is InChI=1S/C36H45NO2S/c1-4-6-8-10-12-14-28-38-33-22-16-31(17-23-33)20-26-35-30(3)37-36(40-35)27-21-32-18-24-34(25-19-32)39-29-15-13-11-9-7-5-2/h16-19,22-25H,4-15,28-29H2,1-3H3. The molecule has 0 saturated heterocycles. The van der Waals surface area contributed by atoms with Gasteiger partial charge in [-0.05, 0) is 80.1 Å². The van der Waals surface area contributed by atoms with Crippen molar-refractivity contribution in [3.63, 3.8) is 0 Å². The van der Waals surface area contributed by atoms with Gasteiger partial charge in [-0.2, -0.15) is 0 Å². The summed E-state index contributed by atoms with van der Waals surface area (Å²) in [5.41, 5.74) is 2.83. The first-order chi connectivity index (χ1) is 19.7. The fourth-order valence-electron chi connectivity index (χ4n) is 4.23. The van der Waals surface area contributed by atoms with Crippen molar-refractivity contribution < 1.29 is 9.47 Å². The maximum Gasteiger partial charge on any atom is 0.168 e. The lowest BCUT2D eigenvalue weighted by molar-refractivity contribution is 0.304. The van der Waals surface area contributed by atoms with Gasteiger partial charge in [0.25, 0.3) is 0 Å². The predicted molar refractivity (Wildman–Crippen MR) is 169 cm³/mol. The van der Waals surface area contributed by atoms with Crippen molar-refractivity contribution in [1.29, 1.82) is 0 Å². The van der Waals surface area contributed by atoms with Gasteiger partial charge in [0.1, 0.15) is 16.4 Å². The van der Waals surface area contributed by atoms with E-state index in [1.54, 1.807) is 0 Å². The lowest BCUT2D eigenvalue weighted by Crippen LogP contribution is -1.97. The Balaban J connectivity index is 1.44. The number of aryl methyl sites for hydroxylation is 1. The quantitative estimate of drug-likeness (QED) is 0.130. The fraction of sp³-hybridized carbons (Fsp3) is 0.472. The first-order valence-electron chi connectivity index (χ1n) is 15.1.